The molecule has 0 saturated heterocycles. The summed E-state index contributed by atoms with van der Waals surface area (Å²) in [4.78, 5) is 25.0. The number of H-pyrrole nitrogens is 1. The molecule has 2 N–H and O–H groups in total. The Kier molecular flexibility index (Phi) is 6.11. The van der Waals surface area contributed by atoms with Gasteiger partial charge in [-0.15, -0.1) is 5.10 Å². The Bertz CT molecular complexity index is 1040. The van der Waals surface area contributed by atoms with E-state index in [0.29, 0.717) is 18.0 Å². The molecule has 0 aliphatic carbocycles. The van der Waals surface area contributed by atoms with E-state index in [2.05, 4.69) is 15.3 Å². The molecule has 0 saturated carbocycles. The van der Waals surface area contributed by atoms with Crippen LogP contribution >= 0.6 is 11.6 Å². The van der Waals surface area contributed by atoms with Crippen LogP contribution in [-0.2, 0) is 25.1 Å². The van der Waals surface area contributed by atoms with Crippen molar-refractivity contribution in [1.29, 1.82) is 0 Å². The van der Waals surface area contributed by atoms with Gasteiger partial charge < -0.3 is 9.67 Å². The lowest BCUT2D eigenvalue weighted by Crippen LogP contribution is -2.29. The zero-order valence-corrected chi connectivity index (χ0v) is 16.3. The zero-order chi connectivity index (χ0) is 20.1. The summed E-state index contributed by atoms with van der Waals surface area (Å²) in [6, 6.07) is 8.40. The summed E-state index contributed by atoms with van der Waals surface area (Å²) in [5.41, 5.74) is -0.267. The lowest BCUT2D eigenvalue weighted by atomic mass is 9.96. The first-order valence-corrected chi connectivity index (χ1v) is 9.38. The molecule has 0 amide bonds. The molecular weight excluding hydrogens is 382 g/mol. The topological polar surface area (TPSA) is 106 Å². The van der Waals surface area contributed by atoms with E-state index in [0.717, 1.165) is 24.1 Å². The highest BCUT2D eigenvalue weighted by atomic mass is 35.5. The standard InChI is InChI=1S/C19H22ClN5O3/c1-19(28,14-5-7-15(20)8-6-14)13-25-16(12-21-23-25)4-2-3-10-24-11-9-17(26)22-18(24)27/h5-9,11-12,28H,2-4,10,13H2,1H3,(H,22,26,27)/t19-/m1/s1. The highest BCUT2D eigenvalue weighted by molar-refractivity contribution is 6.30. The van der Waals surface area contributed by atoms with E-state index in [1.54, 1.807) is 42.1 Å². The van der Waals surface area contributed by atoms with Gasteiger partial charge in [0.1, 0.15) is 5.60 Å². The minimum atomic E-state index is -1.11. The molecule has 0 aliphatic rings. The van der Waals surface area contributed by atoms with Gasteiger partial charge in [-0.25, -0.2) is 9.48 Å². The smallest absolute Gasteiger partial charge is 0.328 e. The van der Waals surface area contributed by atoms with E-state index in [-0.39, 0.29) is 6.54 Å². The van der Waals surface area contributed by atoms with Crippen LogP contribution in [-0.4, -0.2) is 29.7 Å². The number of hydrogen-bond donors (Lipinski definition) is 2. The molecule has 0 aliphatic heterocycles. The van der Waals surface area contributed by atoms with Crippen molar-refractivity contribution in [1.82, 2.24) is 24.5 Å². The fraction of sp³-hybridized carbons (Fsp3) is 0.368. The summed E-state index contributed by atoms with van der Waals surface area (Å²) in [5, 5.41) is 19.5. The van der Waals surface area contributed by atoms with E-state index in [1.165, 1.54) is 16.8 Å². The predicted molar refractivity (Wildman–Crippen MR) is 105 cm³/mol. The van der Waals surface area contributed by atoms with Gasteiger partial charge in [0.05, 0.1) is 18.4 Å². The zero-order valence-electron chi connectivity index (χ0n) is 15.5. The third-order valence-corrected chi connectivity index (χ3v) is 4.85. The maximum Gasteiger partial charge on any atom is 0.328 e. The maximum atomic E-state index is 11.7. The fourth-order valence-electron chi connectivity index (χ4n) is 3.01. The summed E-state index contributed by atoms with van der Waals surface area (Å²) in [6.07, 6.45) is 5.45. The number of hydrogen-bond acceptors (Lipinski definition) is 5. The van der Waals surface area contributed by atoms with Gasteiger partial charge in [0.15, 0.2) is 0 Å². The number of aliphatic hydroxyl groups is 1. The molecular formula is C19H22ClN5O3. The third kappa shape index (κ3) is 4.96. The molecule has 0 radical (unpaired) electrons. The molecule has 0 bridgehead atoms. The van der Waals surface area contributed by atoms with Crippen LogP contribution in [0.15, 0.2) is 52.3 Å². The largest absolute Gasteiger partial charge is 0.384 e. The number of aromatic amines is 1. The van der Waals surface area contributed by atoms with Gasteiger partial charge in [-0.3, -0.25) is 9.78 Å². The molecule has 28 heavy (non-hydrogen) atoms. The summed E-state index contributed by atoms with van der Waals surface area (Å²) >= 11 is 5.91. The Labute approximate surface area is 166 Å². The fourth-order valence-corrected chi connectivity index (χ4v) is 3.13. The molecule has 3 rings (SSSR count). The van der Waals surface area contributed by atoms with Crippen LogP contribution in [0.3, 0.4) is 0 Å². The molecule has 8 nitrogen and oxygen atoms in total. The predicted octanol–water partition coefficient (Wildman–Crippen LogP) is 1.71. The second-order valence-electron chi connectivity index (χ2n) is 6.92. The normalized spacial score (nSPS) is 13.4. The van der Waals surface area contributed by atoms with Crippen molar-refractivity contribution >= 4 is 11.6 Å². The van der Waals surface area contributed by atoms with Crippen molar-refractivity contribution in [2.75, 3.05) is 0 Å². The monoisotopic (exact) mass is 403 g/mol. The molecule has 148 valence electrons. The van der Waals surface area contributed by atoms with E-state index in [9.17, 15) is 14.7 Å². The van der Waals surface area contributed by atoms with Crippen LogP contribution in [0.4, 0.5) is 0 Å². The van der Waals surface area contributed by atoms with Crippen molar-refractivity contribution in [3.8, 4) is 0 Å². The van der Waals surface area contributed by atoms with Crippen LogP contribution in [0.5, 0.6) is 0 Å². The number of nitrogens with zero attached hydrogens (tertiary/aromatic N) is 4. The summed E-state index contributed by atoms with van der Waals surface area (Å²) in [6.45, 7) is 2.51. The highest BCUT2D eigenvalue weighted by Gasteiger charge is 2.25. The lowest BCUT2D eigenvalue weighted by Gasteiger charge is -2.24. The maximum absolute atomic E-state index is 11.7. The van der Waals surface area contributed by atoms with E-state index in [4.69, 9.17) is 11.6 Å². The van der Waals surface area contributed by atoms with Crippen LogP contribution in [0.25, 0.3) is 0 Å². The van der Waals surface area contributed by atoms with Crippen molar-refractivity contribution in [3.05, 3.63) is 79.8 Å². The Morgan fingerprint density at radius 1 is 1.18 bits per heavy atom. The van der Waals surface area contributed by atoms with Gasteiger partial charge in [-0.1, -0.05) is 28.9 Å². The van der Waals surface area contributed by atoms with E-state index >= 15 is 0 Å². The van der Waals surface area contributed by atoms with Crippen LogP contribution in [0, 0.1) is 0 Å². The lowest BCUT2D eigenvalue weighted by molar-refractivity contribution is 0.0332. The van der Waals surface area contributed by atoms with Crippen molar-refractivity contribution in [2.24, 2.45) is 0 Å². The Balaban J connectivity index is 1.58. The first-order valence-electron chi connectivity index (χ1n) is 9.01. The molecule has 2 heterocycles. The number of benzene rings is 1. The van der Waals surface area contributed by atoms with Crippen molar-refractivity contribution in [2.45, 2.75) is 44.9 Å². The Morgan fingerprint density at radius 2 is 1.93 bits per heavy atom. The summed E-state index contributed by atoms with van der Waals surface area (Å²) in [5.74, 6) is 0. The number of unbranched alkanes of at least 4 members (excludes halogenated alkanes) is 1. The SMILES string of the molecule is C[C@@](O)(Cn1nncc1CCCCn1ccc(=O)[nH]c1=O)c1ccc(Cl)cc1. The first kappa shape index (κ1) is 20.0. The van der Waals surface area contributed by atoms with Crippen molar-refractivity contribution < 1.29 is 5.11 Å². The van der Waals surface area contributed by atoms with Gasteiger partial charge in [-0.2, -0.15) is 0 Å². The minimum Gasteiger partial charge on any atom is -0.384 e. The Hall–Kier alpha value is -2.71. The van der Waals surface area contributed by atoms with Gasteiger partial charge >= 0.3 is 5.69 Å². The molecule has 9 heteroatoms. The second kappa shape index (κ2) is 8.53. The van der Waals surface area contributed by atoms with Gasteiger partial charge in [0.25, 0.3) is 5.56 Å². The molecule has 3 aromatic rings. The third-order valence-electron chi connectivity index (χ3n) is 4.60. The molecule has 1 aromatic carbocycles. The van der Waals surface area contributed by atoms with Gasteiger partial charge in [0, 0.05) is 23.8 Å². The highest BCUT2D eigenvalue weighted by Crippen LogP contribution is 2.24. The molecule has 0 fully saturated rings. The van der Waals surface area contributed by atoms with Crippen LogP contribution in [0.2, 0.25) is 5.02 Å². The minimum absolute atomic E-state index is 0.267. The number of rotatable bonds is 8. The number of aryl methyl sites for hydroxylation is 2. The molecule has 2 aromatic heterocycles. The quantitative estimate of drug-likeness (QED) is 0.557. The van der Waals surface area contributed by atoms with Crippen LogP contribution in [0.1, 0.15) is 31.0 Å². The van der Waals surface area contributed by atoms with Crippen molar-refractivity contribution in [3.63, 3.8) is 0 Å². The second-order valence-corrected chi connectivity index (χ2v) is 7.36. The first-order chi connectivity index (χ1) is 13.3. The molecule has 1 atom stereocenters. The molecule has 0 spiro atoms. The number of nitrogens with one attached hydrogen (secondary N) is 1. The van der Waals surface area contributed by atoms with E-state index < -0.39 is 16.9 Å². The van der Waals surface area contributed by atoms with Gasteiger partial charge in [0.2, 0.25) is 0 Å². The number of aromatic nitrogens is 5. The number of halogens is 1. The van der Waals surface area contributed by atoms with E-state index in [1.807, 2.05) is 0 Å². The summed E-state index contributed by atoms with van der Waals surface area (Å²) < 4.78 is 3.17. The van der Waals surface area contributed by atoms with Crippen LogP contribution < -0.4 is 11.2 Å². The summed E-state index contributed by atoms with van der Waals surface area (Å²) in [7, 11) is 0. The average molecular weight is 404 g/mol. The Morgan fingerprint density at radius 3 is 2.64 bits per heavy atom. The van der Waals surface area contributed by atoms with Gasteiger partial charge in [-0.05, 0) is 43.9 Å². The molecule has 0 unspecified atom stereocenters. The average Bonchev–Trinajstić information content (AvgIpc) is 3.07.